The summed E-state index contributed by atoms with van der Waals surface area (Å²) in [5.41, 5.74) is 0. The largest absolute Gasteiger partial charge is 0.462 e. The number of carbonyl (C=O) groups excluding carboxylic acids is 1. The summed E-state index contributed by atoms with van der Waals surface area (Å²) in [4.78, 5) is 15.9. The van der Waals surface area contributed by atoms with E-state index in [4.69, 9.17) is 4.74 Å². The van der Waals surface area contributed by atoms with Crippen molar-refractivity contribution in [3.05, 3.63) is 0 Å². The van der Waals surface area contributed by atoms with Crippen LogP contribution in [0.5, 0.6) is 0 Å². The lowest BCUT2D eigenvalue weighted by Gasteiger charge is -2.48. The topological polar surface area (TPSA) is 29.5 Å². The highest BCUT2D eigenvalue weighted by atomic mass is 79.9. The first-order chi connectivity index (χ1) is 7.19. The zero-order chi connectivity index (χ0) is 10.8. The summed E-state index contributed by atoms with van der Waals surface area (Å²) in [7, 11) is 0. The zero-order valence-electron chi connectivity index (χ0n) is 8.70. The van der Waals surface area contributed by atoms with Crippen LogP contribution in [0, 0.1) is 16.7 Å². The second kappa shape index (κ2) is 4.54. The first-order valence-electron chi connectivity index (χ1n) is 5.21. The molecule has 1 saturated carbocycles. The van der Waals surface area contributed by atoms with Crippen LogP contribution in [0.1, 0.15) is 19.8 Å². The van der Waals surface area contributed by atoms with E-state index in [0.29, 0.717) is 12.0 Å². The Balaban J connectivity index is 1.64. The highest BCUT2D eigenvalue weighted by Gasteiger charge is 2.40. The minimum atomic E-state index is -0.162. The molecule has 3 nitrogen and oxygen atoms in total. The van der Waals surface area contributed by atoms with Crippen molar-refractivity contribution in [1.82, 2.24) is 4.90 Å². The summed E-state index contributed by atoms with van der Waals surface area (Å²) < 4.78 is 5.11. The van der Waals surface area contributed by atoms with Crippen LogP contribution in [0.4, 0.5) is 0 Å². The van der Waals surface area contributed by atoms with Gasteiger partial charge in [-0.25, -0.2) is 0 Å². The van der Waals surface area contributed by atoms with Crippen molar-refractivity contribution in [3.63, 3.8) is 0 Å². The quantitative estimate of drug-likeness (QED) is 0.561. The molecule has 0 N–H and O–H groups in total. The highest BCUT2D eigenvalue weighted by Crippen LogP contribution is 2.32. The van der Waals surface area contributed by atoms with E-state index in [-0.39, 0.29) is 12.1 Å². The molecule has 0 aromatic rings. The first kappa shape index (κ1) is 11.0. The molecule has 1 heterocycles. The van der Waals surface area contributed by atoms with Gasteiger partial charge in [0.05, 0.1) is 0 Å². The van der Waals surface area contributed by atoms with Crippen molar-refractivity contribution in [1.29, 1.82) is 0 Å². The fourth-order valence-corrected chi connectivity index (χ4v) is 2.47. The number of halogens is 1. The molecule has 2 fully saturated rings. The van der Waals surface area contributed by atoms with E-state index in [1.54, 1.807) is 0 Å². The lowest BCUT2D eigenvalue weighted by atomic mass is 9.84. The summed E-state index contributed by atoms with van der Waals surface area (Å²) in [6, 6.07) is 0.614. The standard InChI is InChI=1S/C11H14BrNO2/c1-8(14)15-11-4-10(5-11)13-6-9(7-13)2-3-12/h9-11H,4-7H2,1H3/t10-,11-. The number of ether oxygens (including phenoxy) is 1. The van der Waals surface area contributed by atoms with Crippen LogP contribution in [-0.4, -0.2) is 36.1 Å². The van der Waals surface area contributed by atoms with E-state index in [2.05, 4.69) is 31.6 Å². The Morgan fingerprint density at radius 3 is 2.67 bits per heavy atom. The van der Waals surface area contributed by atoms with Gasteiger partial charge in [-0.15, -0.1) is 0 Å². The summed E-state index contributed by atoms with van der Waals surface area (Å²) >= 11 is 3.11. The maximum atomic E-state index is 10.7. The molecule has 1 aliphatic carbocycles. The Morgan fingerprint density at radius 2 is 2.13 bits per heavy atom. The molecule has 0 bridgehead atoms. The SMILES string of the molecule is CC(=O)O[C@H]1C[C@H](N2CC(C#CBr)C2)C1. The van der Waals surface area contributed by atoms with E-state index in [1.165, 1.54) is 6.92 Å². The number of esters is 1. The van der Waals surface area contributed by atoms with Crippen molar-refractivity contribution < 1.29 is 9.53 Å². The molecule has 0 spiro atoms. The van der Waals surface area contributed by atoms with Crippen LogP contribution >= 0.6 is 15.9 Å². The van der Waals surface area contributed by atoms with E-state index >= 15 is 0 Å². The molecular formula is C11H14BrNO2. The van der Waals surface area contributed by atoms with Crippen molar-refractivity contribution in [2.24, 2.45) is 5.92 Å². The number of nitrogens with zero attached hydrogens (tertiary/aromatic N) is 1. The highest BCUT2D eigenvalue weighted by molar-refractivity contribution is 9.12. The maximum absolute atomic E-state index is 10.7. The van der Waals surface area contributed by atoms with E-state index in [0.717, 1.165) is 25.9 Å². The molecule has 0 aromatic heterocycles. The van der Waals surface area contributed by atoms with Crippen molar-refractivity contribution in [2.75, 3.05) is 13.1 Å². The molecule has 0 aromatic carbocycles. The minimum Gasteiger partial charge on any atom is -0.462 e. The summed E-state index contributed by atoms with van der Waals surface area (Å²) in [6.07, 6.45) is 2.15. The van der Waals surface area contributed by atoms with Gasteiger partial charge < -0.3 is 4.74 Å². The average molecular weight is 272 g/mol. The van der Waals surface area contributed by atoms with Crippen LogP contribution in [0.2, 0.25) is 0 Å². The Morgan fingerprint density at radius 1 is 1.47 bits per heavy atom. The molecule has 1 saturated heterocycles. The minimum absolute atomic E-state index is 0.161. The summed E-state index contributed by atoms with van der Waals surface area (Å²) in [6.45, 7) is 3.60. The van der Waals surface area contributed by atoms with Crippen molar-refractivity contribution in [2.45, 2.75) is 31.9 Å². The molecule has 0 unspecified atom stereocenters. The lowest BCUT2D eigenvalue weighted by Crippen LogP contribution is -2.57. The third-order valence-electron chi connectivity index (χ3n) is 3.09. The van der Waals surface area contributed by atoms with E-state index in [1.807, 2.05) is 0 Å². The molecule has 2 aliphatic rings. The van der Waals surface area contributed by atoms with Gasteiger partial charge in [-0.05, 0) is 4.83 Å². The van der Waals surface area contributed by atoms with Gasteiger partial charge in [-0.3, -0.25) is 9.69 Å². The predicted octanol–water partition coefficient (Wildman–Crippen LogP) is 1.37. The maximum Gasteiger partial charge on any atom is 0.302 e. The van der Waals surface area contributed by atoms with Gasteiger partial charge in [0.25, 0.3) is 0 Å². The van der Waals surface area contributed by atoms with E-state index < -0.39 is 0 Å². The molecular weight excluding hydrogens is 258 g/mol. The predicted molar refractivity (Wildman–Crippen MR) is 60.3 cm³/mol. The molecule has 0 amide bonds. The number of likely N-dealkylation sites (tertiary alicyclic amines) is 1. The second-order valence-corrected chi connectivity index (χ2v) is 4.64. The Bertz CT molecular complexity index is 308. The molecule has 0 atom stereocenters. The first-order valence-corrected chi connectivity index (χ1v) is 6.00. The molecule has 2 rings (SSSR count). The molecule has 4 heteroatoms. The second-order valence-electron chi connectivity index (χ2n) is 4.25. The van der Waals surface area contributed by atoms with Gasteiger partial charge in [0.15, 0.2) is 0 Å². The fourth-order valence-electron chi connectivity index (χ4n) is 2.15. The van der Waals surface area contributed by atoms with Gasteiger partial charge in [-0.1, -0.05) is 5.92 Å². The summed E-state index contributed by atoms with van der Waals surface area (Å²) in [5, 5.41) is 0. The smallest absolute Gasteiger partial charge is 0.302 e. The monoisotopic (exact) mass is 271 g/mol. The van der Waals surface area contributed by atoms with Gasteiger partial charge in [0.2, 0.25) is 0 Å². The number of hydrogen-bond acceptors (Lipinski definition) is 3. The third-order valence-corrected chi connectivity index (χ3v) is 3.32. The van der Waals surface area contributed by atoms with Crippen LogP contribution in [0.15, 0.2) is 0 Å². The Kier molecular flexibility index (Phi) is 3.32. The molecule has 1 aliphatic heterocycles. The molecule has 0 radical (unpaired) electrons. The summed E-state index contributed by atoms with van der Waals surface area (Å²) in [5.74, 6) is 3.46. The average Bonchev–Trinajstić information content (AvgIpc) is 2.03. The van der Waals surface area contributed by atoms with Crippen LogP contribution in [0.3, 0.4) is 0 Å². The van der Waals surface area contributed by atoms with Crippen molar-refractivity contribution in [3.8, 4) is 10.8 Å². The third kappa shape index (κ3) is 2.53. The Hall–Kier alpha value is -0.530. The van der Waals surface area contributed by atoms with Gasteiger partial charge in [0.1, 0.15) is 6.10 Å². The molecule has 15 heavy (non-hydrogen) atoms. The Labute approximate surface area is 98.3 Å². The zero-order valence-corrected chi connectivity index (χ0v) is 10.3. The van der Waals surface area contributed by atoms with Crippen LogP contribution in [0.25, 0.3) is 0 Å². The molecule has 82 valence electrons. The normalized spacial score (nSPS) is 30.8. The van der Waals surface area contributed by atoms with Gasteiger partial charge in [0, 0.05) is 60.7 Å². The number of carbonyl (C=O) groups is 1. The van der Waals surface area contributed by atoms with E-state index in [9.17, 15) is 4.79 Å². The van der Waals surface area contributed by atoms with Gasteiger partial charge in [-0.2, -0.15) is 0 Å². The van der Waals surface area contributed by atoms with Gasteiger partial charge >= 0.3 is 5.97 Å². The van der Waals surface area contributed by atoms with Crippen LogP contribution in [-0.2, 0) is 9.53 Å². The number of rotatable bonds is 2. The lowest BCUT2D eigenvalue weighted by molar-refractivity contribution is -0.155. The number of hydrogen-bond donors (Lipinski definition) is 0. The van der Waals surface area contributed by atoms with Crippen molar-refractivity contribution >= 4 is 21.9 Å². The fraction of sp³-hybridized carbons (Fsp3) is 0.727. The van der Waals surface area contributed by atoms with Crippen LogP contribution < -0.4 is 0 Å².